The Bertz CT molecular complexity index is 466. The van der Waals surface area contributed by atoms with Gasteiger partial charge in [0.25, 0.3) is 0 Å². The number of aromatic amines is 1. The second kappa shape index (κ2) is 5.73. The van der Waals surface area contributed by atoms with E-state index in [0.29, 0.717) is 0 Å². The minimum Gasteiger partial charge on any atom is -0.347 e. The normalized spacial score (nSPS) is 14.4. The van der Waals surface area contributed by atoms with E-state index in [4.69, 9.17) is 0 Å². The third-order valence-electron chi connectivity index (χ3n) is 2.90. The van der Waals surface area contributed by atoms with E-state index < -0.39 is 0 Å². The molecule has 0 aromatic carbocycles. The Kier molecular flexibility index (Phi) is 4.04. The van der Waals surface area contributed by atoms with Crippen molar-refractivity contribution in [3.63, 3.8) is 0 Å². The molecule has 4 nitrogen and oxygen atoms in total. The Morgan fingerprint density at radius 2 is 2.22 bits per heavy atom. The Balaban J connectivity index is 2.05. The average Bonchev–Trinajstić information content (AvgIpc) is 2.90. The van der Waals surface area contributed by atoms with Gasteiger partial charge in [-0.25, -0.2) is 9.37 Å². The summed E-state index contributed by atoms with van der Waals surface area (Å²) in [7, 11) is 0. The van der Waals surface area contributed by atoms with Gasteiger partial charge in [0.05, 0.1) is 17.9 Å². The van der Waals surface area contributed by atoms with Gasteiger partial charge >= 0.3 is 0 Å². The summed E-state index contributed by atoms with van der Waals surface area (Å²) in [6.45, 7) is 4.09. The first-order valence-electron chi connectivity index (χ1n) is 6.07. The number of halogens is 1. The van der Waals surface area contributed by atoms with Crippen LogP contribution in [0.2, 0.25) is 0 Å². The molecule has 2 heterocycles. The van der Waals surface area contributed by atoms with Crippen LogP contribution in [-0.2, 0) is 0 Å². The van der Waals surface area contributed by atoms with Gasteiger partial charge in [-0.3, -0.25) is 10.3 Å². The lowest BCUT2D eigenvalue weighted by molar-refractivity contribution is 0.434. The van der Waals surface area contributed by atoms with E-state index in [-0.39, 0.29) is 17.9 Å². The van der Waals surface area contributed by atoms with E-state index in [1.165, 1.54) is 12.3 Å². The number of nitrogens with one attached hydrogen (secondary N) is 2. The van der Waals surface area contributed by atoms with Crippen LogP contribution in [0.15, 0.2) is 30.7 Å². The molecule has 0 aliphatic heterocycles. The maximum Gasteiger partial charge on any atom is 0.141 e. The van der Waals surface area contributed by atoms with Crippen LogP contribution < -0.4 is 5.32 Å². The fourth-order valence-electron chi connectivity index (χ4n) is 1.89. The molecule has 0 saturated carbocycles. The number of H-pyrrole nitrogens is 1. The van der Waals surface area contributed by atoms with Gasteiger partial charge in [-0.05, 0) is 25.5 Å². The second-order valence-electron chi connectivity index (χ2n) is 4.22. The highest BCUT2D eigenvalue weighted by molar-refractivity contribution is 5.10. The minimum atomic E-state index is -0.316. The van der Waals surface area contributed by atoms with Gasteiger partial charge in [0.1, 0.15) is 11.6 Å². The molecule has 0 aliphatic rings. The molecule has 2 atom stereocenters. The summed E-state index contributed by atoms with van der Waals surface area (Å²) in [6, 6.07) is 3.30. The third-order valence-corrected chi connectivity index (χ3v) is 2.90. The fourth-order valence-corrected chi connectivity index (χ4v) is 1.89. The number of hydrogen-bond donors (Lipinski definition) is 2. The molecule has 0 fully saturated rings. The molecule has 5 heteroatoms. The van der Waals surface area contributed by atoms with Crippen molar-refractivity contribution in [3.8, 4) is 0 Å². The van der Waals surface area contributed by atoms with Gasteiger partial charge in [-0.15, -0.1) is 0 Å². The number of nitrogens with zero attached hydrogens (tertiary/aromatic N) is 2. The molecule has 0 aliphatic carbocycles. The van der Waals surface area contributed by atoms with Crippen molar-refractivity contribution in [1.82, 2.24) is 20.3 Å². The van der Waals surface area contributed by atoms with E-state index in [1.807, 2.05) is 6.92 Å². The van der Waals surface area contributed by atoms with Gasteiger partial charge < -0.3 is 4.98 Å². The van der Waals surface area contributed by atoms with Crippen LogP contribution in [-0.4, -0.2) is 15.0 Å². The summed E-state index contributed by atoms with van der Waals surface area (Å²) >= 11 is 0. The lowest BCUT2D eigenvalue weighted by Crippen LogP contribution is -2.25. The highest BCUT2D eigenvalue weighted by Gasteiger charge is 2.16. The average molecular weight is 248 g/mol. The lowest BCUT2D eigenvalue weighted by atomic mass is 10.1. The van der Waals surface area contributed by atoms with Crippen LogP contribution in [0.5, 0.6) is 0 Å². The topological polar surface area (TPSA) is 53.6 Å². The van der Waals surface area contributed by atoms with Crippen molar-refractivity contribution in [3.05, 3.63) is 48.1 Å². The monoisotopic (exact) mass is 248 g/mol. The van der Waals surface area contributed by atoms with E-state index >= 15 is 0 Å². The van der Waals surface area contributed by atoms with Crippen molar-refractivity contribution in [1.29, 1.82) is 0 Å². The molecular formula is C13H17FN4. The first kappa shape index (κ1) is 12.7. The number of imidazole rings is 1. The van der Waals surface area contributed by atoms with Crippen LogP contribution in [0.4, 0.5) is 4.39 Å². The van der Waals surface area contributed by atoms with Gasteiger partial charge in [0, 0.05) is 18.4 Å². The van der Waals surface area contributed by atoms with Crippen molar-refractivity contribution in [2.75, 3.05) is 0 Å². The maximum absolute atomic E-state index is 12.8. The van der Waals surface area contributed by atoms with E-state index in [9.17, 15) is 4.39 Å². The highest BCUT2D eigenvalue weighted by Crippen LogP contribution is 2.18. The lowest BCUT2D eigenvalue weighted by Gasteiger charge is -2.20. The van der Waals surface area contributed by atoms with Crippen LogP contribution in [0.25, 0.3) is 0 Å². The van der Waals surface area contributed by atoms with E-state index in [0.717, 1.165) is 17.9 Å². The SMILES string of the molecule is CCC(NC(C)c1ccc(F)cn1)c1ncc[nH]1. The van der Waals surface area contributed by atoms with Gasteiger partial charge in [0.2, 0.25) is 0 Å². The molecule has 2 rings (SSSR count). The van der Waals surface area contributed by atoms with Gasteiger partial charge in [0.15, 0.2) is 0 Å². The smallest absolute Gasteiger partial charge is 0.141 e. The van der Waals surface area contributed by atoms with E-state index in [1.54, 1.807) is 18.5 Å². The molecule has 0 bridgehead atoms. The molecule has 0 spiro atoms. The van der Waals surface area contributed by atoms with Crippen molar-refractivity contribution < 1.29 is 4.39 Å². The minimum absolute atomic E-state index is 0.0423. The number of rotatable bonds is 5. The second-order valence-corrected chi connectivity index (χ2v) is 4.22. The van der Waals surface area contributed by atoms with Crippen molar-refractivity contribution in [2.45, 2.75) is 32.4 Å². The molecule has 2 aromatic heterocycles. The Morgan fingerprint density at radius 1 is 1.39 bits per heavy atom. The summed E-state index contributed by atoms with van der Waals surface area (Å²) in [4.78, 5) is 11.4. The van der Waals surface area contributed by atoms with Crippen LogP contribution in [0, 0.1) is 5.82 Å². The quantitative estimate of drug-likeness (QED) is 0.855. The first-order valence-corrected chi connectivity index (χ1v) is 6.07. The number of aromatic nitrogens is 3. The van der Waals surface area contributed by atoms with Crippen molar-refractivity contribution >= 4 is 0 Å². The van der Waals surface area contributed by atoms with Crippen LogP contribution in [0.1, 0.15) is 43.9 Å². The van der Waals surface area contributed by atoms with E-state index in [2.05, 4.69) is 27.2 Å². The maximum atomic E-state index is 12.8. The van der Waals surface area contributed by atoms with Crippen molar-refractivity contribution in [2.24, 2.45) is 0 Å². The molecule has 18 heavy (non-hydrogen) atoms. The predicted octanol–water partition coefficient (Wildman–Crippen LogP) is 2.75. The Hall–Kier alpha value is -1.75. The predicted molar refractivity (Wildman–Crippen MR) is 67.4 cm³/mol. The largest absolute Gasteiger partial charge is 0.347 e. The number of pyridine rings is 1. The summed E-state index contributed by atoms with van der Waals surface area (Å²) < 4.78 is 12.8. The Labute approximate surface area is 106 Å². The zero-order valence-corrected chi connectivity index (χ0v) is 10.5. The molecular weight excluding hydrogens is 231 g/mol. The summed E-state index contributed by atoms with van der Waals surface area (Å²) in [5.74, 6) is 0.593. The zero-order valence-electron chi connectivity index (χ0n) is 10.5. The first-order chi connectivity index (χ1) is 8.70. The van der Waals surface area contributed by atoms with Crippen LogP contribution >= 0.6 is 0 Å². The van der Waals surface area contributed by atoms with Crippen LogP contribution in [0.3, 0.4) is 0 Å². The molecule has 96 valence electrons. The summed E-state index contributed by atoms with van der Waals surface area (Å²) in [5.41, 5.74) is 0.821. The molecule has 2 N–H and O–H groups in total. The summed E-state index contributed by atoms with van der Waals surface area (Å²) in [5, 5.41) is 3.43. The molecule has 0 amide bonds. The highest BCUT2D eigenvalue weighted by atomic mass is 19.1. The molecule has 2 unspecified atom stereocenters. The number of hydrogen-bond acceptors (Lipinski definition) is 3. The standard InChI is InChI=1S/C13H17FN4/c1-3-11(13-15-6-7-16-13)18-9(2)12-5-4-10(14)8-17-12/h4-9,11,18H,3H2,1-2H3,(H,15,16). The fraction of sp³-hybridized carbons (Fsp3) is 0.385. The van der Waals surface area contributed by atoms with Gasteiger partial charge in [-0.1, -0.05) is 6.92 Å². The molecule has 0 saturated heterocycles. The zero-order chi connectivity index (χ0) is 13.0. The molecule has 0 radical (unpaired) electrons. The molecule has 2 aromatic rings. The Morgan fingerprint density at radius 3 is 2.78 bits per heavy atom. The van der Waals surface area contributed by atoms with Gasteiger partial charge in [-0.2, -0.15) is 0 Å². The third kappa shape index (κ3) is 2.92. The summed E-state index contributed by atoms with van der Waals surface area (Å²) in [6.07, 6.45) is 5.70.